The van der Waals surface area contributed by atoms with Crippen LogP contribution in [0.15, 0.2) is 24.3 Å². The van der Waals surface area contributed by atoms with Gasteiger partial charge in [-0.3, -0.25) is 9.59 Å². The van der Waals surface area contributed by atoms with Crippen LogP contribution in [0.3, 0.4) is 0 Å². The van der Waals surface area contributed by atoms with E-state index in [0.29, 0.717) is 25.1 Å². The molecule has 20 heavy (non-hydrogen) atoms. The van der Waals surface area contributed by atoms with Gasteiger partial charge < -0.3 is 16.0 Å². The number of likely N-dealkylation sites (tertiary alicyclic amines) is 1. The summed E-state index contributed by atoms with van der Waals surface area (Å²) >= 11 is 0. The molecule has 0 spiro atoms. The van der Waals surface area contributed by atoms with Gasteiger partial charge in [-0.05, 0) is 25.0 Å². The van der Waals surface area contributed by atoms with Crippen molar-refractivity contribution in [1.29, 1.82) is 0 Å². The summed E-state index contributed by atoms with van der Waals surface area (Å²) in [7, 11) is 0. The summed E-state index contributed by atoms with van der Waals surface area (Å²) in [5, 5.41) is 3.26. The van der Waals surface area contributed by atoms with Gasteiger partial charge in [0.1, 0.15) is 0 Å². The molecule has 3 N–H and O–H groups in total. The van der Waals surface area contributed by atoms with E-state index in [1.807, 2.05) is 24.3 Å². The highest BCUT2D eigenvalue weighted by molar-refractivity contribution is 6.00. The molecule has 0 aromatic heterocycles. The maximum Gasteiger partial charge on any atom is 0.255 e. The Bertz CT molecular complexity index is 502. The standard InChI is InChI=1S/C15H21N3O2/c1-2-8-17-13-6-4-3-5-12(13)15(20)18-9-7-11(10-18)14(16)19/h3-6,11,17H,2,7-10H2,1H3,(H2,16,19). The van der Waals surface area contributed by atoms with E-state index in [4.69, 9.17) is 5.73 Å². The van der Waals surface area contributed by atoms with Crippen LogP contribution in [0, 0.1) is 5.92 Å². The van der Waals surface area contributed by atoms with Gasteiger partial charge >= 0.3 is 0 Å². The largest absolute Gasteiger partial charge is 0.384 e. The highest BCUT2D eigenvalue weighted by atomic mass is 16.2. The first-order chi connectivity index (χ1) is 9.63. The van der Waals surface area contributed by atoms with E-state index in [0.717, 1.165) is 18.7 Å². The number of anilines is 1. The highest BCUT2D eigenvalue weighted by Crippen LogP contribution is 2.22. The third-order valence-electron chi connectivity index (χ3n) is 3.60. The zero-order valence-electron chi connectivity index (χ0n) is 11.8. The first-order valence-electron chi connectivity index (χ1n) is 7.05. The predicted molar refractivity (Wildman–Crippen MR) is 78.4 cm³/mol. The van der Waals surface area contributed by atoms with Gasteiger partial charge in [-0.2, -0.15) is 0 Å². The Morgan fingerprint density at radius 3 is 2.80 bits per heavy atom. The summed E-state index contributed by atoms with van der Waals surface area (Å²) < 4.78 is 0. The lowest BCUT2D eigenvalue weighted by Gasteiger charge is -2.18. The van der Waals surface area contributed by atoms with Crippen molar-refractivity contribution < 1.29 is 9.59 Å². The average molecular weight is 275 g/mol. The van der Waals surface area contributed by atoms with Crippen molar-refractivity contribution in [3.05, 3.63) is 29.8 Å². The molecule has 1 unspecified atom stereocenters. The molecule has 2 amide bonds. The number of hydrogen-bond acceptors (Lipinski definition) is 3. The summed E-state index contributed by atoms with van der Waals surface area (Å²) in [6.07, 6.45) is 1.65. The van der Waals surface area contributed by atoms with E-state index in [1.54, 1.807) is 4.90 Å². The molecule has 0 aliphatic carbocycles. The van der Waals surface area contributed by atoms with Crippen molar-refractivity contribution in [3.8, 4) is 0 Å². The lowest BCUT2D eigenvalue weighted by atomic mass is 10.1. The number of para-hydroxylation sites is 1. The molecule has 1 aliphatic heterocycles. The van der Waals surface area contributed by atoms with Crippen LogP contribution in [0.25, 0.3) is 0 Å². The van der Waals surface area contributed by atoms with Crippen molar-refractivity contribution in [3.63, 3.8) is 0 Å². The Balaban J connectivity index is 2.11. The van der Waals surface area contributed by atoms with Crippen molar-refractivity contribution >= 4 is 17.5 Å². The molecular weight excluding hydrogens is 254 g/mol. The summed E-state index contributed by atoms with van der Waals surface area (Å²) in [5.41, 5.74) is 6.81. The van der Waals surface area contributed by atoms with Crippen LogP contribution in [0.2, 0.25) is 0 Å². The third kappa shape index (κ3) is 3.10. The van der Waals surface area contributed by atoms with E-state index >= 15 is 0 Å². The molecule has 5 nitrogen and oxygen atoms in total. The quantitative estimate of drug-likeness (QED) is 0.854. The summed E-state index contributed by atoms with van der Waals surface area (Å²) in [4.78, 5) is 25.4. The summed E-state index contributed by atoms with van der Waals surface area (Å²) in [5.74, 6) is -0.569. The number of nitrogens with zero attached hydrogens (tertiary/aromatic N) is 1. The number of amides is 2. The van der Waals surface area contributed by atoms with E-state index in [-0.39, 0.29) is 17.7 Å². The minimum Gasteiger partial charge on any atom is -0.384 e. The van der Waals surface area contributed by atoms with Crippen molar-refractivity contribution in [1.82, 2.24) is 4.90 Å². The number of carbonyl (C=O) groups is 2. The minimum absolute atomic E-state index is 0.0343. The van der Waals surface area contributed by atoms with Crippen molar-refractivity contribution in [2.24, 2.45) is 11.7 Å². The molecule has 1 atom stereocenters. The molecule has 5 heteroatoms. The Morgan fingerprint density at radius 2 is 2.15 bits per heavy atom. The zero-order valence-corrected chi connectivity index (χ0v) is 11.8. The second-order valence-corrected chi connectivity index (χ2v) is 5.11. The topological polar surface area (TPSA) is 75.4 Å². The number of rotatable bonds is 5. The maximum atomic E-state index is 12.5. The molecule has 108 valence electrons. The highest BCUT2D eigenvalue weighted by Gasteiger charge is 2.30. The number of primary amides is 1. The van der Waals surface area contributed by atoms with Gasteiger partial charge in [-0.15, -0.1) is 0 Å². The van der Waals surface area contributed by atoms with Gasteiger partial charge in [0.15, 0.2) is 0 Å². The molecule has 1 heterocycles. The molecule has 1 aliphatic rings. The number of hydrogen-bond donors (Lipinski definition) is 2. The minimum atomic E-state index is -0.322. The Labute approximate surface area is 119 Å². The first-order valence-corrected chi connectivity index (χ1v) is 7.05. The fourth-order valence-corrected chi connectivity index (χ4v) is 2.43. The molecule has 0 radical (unpaired) electrons. The average Bonchev–Trinajstić information content (AvgIpc) is 2.94. The van der Waals surface area contributed by atoms with Crippen LogP contribution in [0.1, 0.15) is 30.1 Å². The lowest BCUT2D eigenvalue weighted by molar-refractivity contribution is -0.121. The predicted octanol–water partition coefficient (Wildman–Crippen LogP) is 1.46. The van der Waals surface area contributed by atoms with E-state index in [9.17, 15) is 9.59 Å². The maximum absolute atomic E-state index is 12.5. The number of nitrogens with two attached hydrogens (primary N) is 1. The fraction of sp³-hybridized carbons (Fsp3) is 0.467. The van der Waals surface area contributed by atoms with E-state index in [1.165, 1.54) is 0 Å². The van der Waals surface area contributed by atoms with Gasteiger partial charge in [-0.1, -0.05) is 19.1 Å². The molecule has 0 saturated carbocycles. The first kappa shape index (κ1) is 14.4. The normalized spacial score (nSPS) is 18.1. The van der Waals surface area contributed by atoms with Crippen LogP contribution >= 0.6 is 0 Å². The Kier molecular flexibility index (Phi) is 4.61. The van der Waals surface area contributed by atoms with Gasteiger partial charge in [0, 0.05) is 25.3 Å². The monoisotopic (exact) mass is 275 g/mol. The van der Waals surface area contributed by atoms with Gasteiger partial charge in [0.05, 0.1) is 11.5 Å². The summed E-state index contributed by atoms with van der Waals surface area (Å²) in [6, 6.07) is 7.49. The van der Waals surface area contributed by atoms with Crippen LogP contribution < -0.4 is 11.1 Å². The van der Waals surface area contributed by atoms with E-state index in [2.05, 4.69) is 12.2 Å². The molecule has 1 aromatic rings. The molecular formula is C15H21N3O2. The van der Waals surface area contributed by atoms with Crippen molar-refractivity contribution in [2.75, 3.05) is 25.0 Å². The van der Waals surface area contributed by atoms with E-state index < -0.39 is 0 Å². The zero-order chi connectivity index (χ0) is 14.5. The molecule has 1 fully saturated rings. The summed E-state index contributed by atoms with van der Waals surface area (Å²) in [6.45, 7) is 3.92. The lowest BCUT2D eigenvalue weighted by Crippen LogP contribution is -2.32. The third-order valence-corrected chi connectivity index (χ3v) is 3.60. The number of benzene rings is 1. The Hall–Kier alpha value is -2.04. The SMILES string of the molecule is CCCNc1ccccc1C(=O)N1CCC(C(N)=O)C1. The smallest absolute Gasteiger partial charge is 0.255 e. The van der Waals surface area contributed by atoms with Gasteiger partial charge in [0.2, 0.25) is 5.91 Å². The number of carbonyl (C=O) groups excluding carboxylic acids is 2. The second kappa shape index (κ2) is 6.41. The molecule has 1 aromatic carbocycles. The fourth-order valence-electron chi connectivity index (χ4n) is 2.43. The van der Waals surface area contributed by atoms with Crippen LogP contribution in [-0.2, 0) is 4.79 Å². The van der Waals surface area contributed by atoms with Gasteiger partial charge in [0.25, 0.3) is 5.91 Å². The Morgan fingerprint density at radius 1 is 1.40 bits per heavy atom. The van der Waals surface area contributed by atoms with Crippen LogP contribution in [-0.4, -0.2) is 36.3 Å². The molecule has 0 bridgehead atoms. The van der Waals surface area contributed by atoms with Crippen LogP contribution in [0.5, 0.6) is 0 Å². The molecule has 1 saturated heterocycles. The van der Waals surface area contributed by atoms with Gasteiger partial charge in [-0.25, -0.2) is 0 Å². The van der Waals surface area contributed by atoms with Crippen LogP contribution in [0.4, 0.5) is 5.69 Å². The molecule has 2 rings (SSSR count). The number of nitrogens with one attached hydrogen (secondary N) is 1. The van der Waals surface area contributed by atoms with Crippen molar-refractivity contribution in [2.45, 2.75) is 19.8 Å². The second-order valence-electron chi connectivity index (χ2n) is 5.11.